The first-order valence-corrected chi connectivity index (χ1v) is 2.75. The minimum absolute atomic E-state index is 0.483. The molecule has 1 aliphatic rings. The van der Waals surface area contributed by atoms with Crippen molar-refractivity contribution in [3.63, 3.8) is 0 Å². The molecule has 9 heavy (non-hydrogen) atoms. The van der Waals surface area contributed by atoms with Crippen LogP contribution < -0.4 is 11.2 Å². The second-order valence-electron chi connectivity index (χ2n) is 1.81. The Labute approximate surface area is 54.0 Å². The maximum Gasteiger partial charge on any atom is 0.204 e. The molecule has 1 rings (SSSR count). The number of guanidine groups is 1. The van der Waals surface area contributed by atoms with E-state index in [-0.39, 0.29) is 0 Å². The predicted octanol–water partition coefficient (Wildman–Crippen LogP) is -0.735. The lowest BCUT2D eigenvalue weighted by molar-refractivity contribution is 0.296. The zero-order valence-corrected chi connectivity index (χ0v) is 5.17. The summed E-state index contributed by atoms with van der Waals surface area (Å²) in [5.74, 6) is 0.483. The van der Waals surface area contributed by atoms with Gasteiger partial charge in [-0.15, -0.1) is 6.58 Å². The van der Waals surface area contributed by atoms with Crippen LogP contribution in [0.2, 0.25) is 0 Å². The van der Waals surface area contributed by atoms with E-state index >= 15 is 0 Å². The first-order chi connectivity index (χ1) is 4.33. The summed E-state index contributed by atoms with van der Waals surface area (Å²) in [6.45, 7) is 4.97. The smallest absolute Gasteiger partial charge is 0.204 e. The van der Waals surface area contributed by atoms with Gasteiger partial charge in [-0.1, -0.05) is 6.08 Å². The van der Waals surface area contributed by atoms with E-state index in [0.29, 0.717) is 12.6 Å². The van der Waals surface area contributed by atoms with E-state index < -0.39 is 0 Å². The Morgan fingerprint density at radius 1 is 2.00 bits per heavy atom. The summed E-state index contributed by atoms with van der Waals surface area (Å²) >= 11 is 0. The van der Waals surface area contributed by atoms with Gasteiger partial charge in [-0.25, -0.2) is 4.99 Å². The number of nitrogens with two attached hydrogens (primary N) is 1. The number of aliphatic imine (C=N–C) groups is 1. The quantitative estimate of drug-likeness (QED) is 0.479. The lowest BCUT2D eigenvalue weighted by Gasteiger charge is -2.10. The lowest BCUT2D eigenvalue weighted by Crippen LogP contribution is -2.39. The molecular formula is C5H10N4. The monoisotopic (exact) mass is 126 g/mol. The highest BCUT2D eigenvalue weighted by molar-refractivity contribution is 5.78. The van der Waals surface area contributed by atoms with Gasteiger partial charge in [-0.2, -0.15) is 5.01 Å². The highest BCUT2D eigenvalue weighted by Gasteiger charge is 2.07. The molecule has 1 heterocycles. The summed E-state index contributed by atoms with van der Waals surface area (Å²) in [5.41, 5.74) is 8.16. The second kappa shape index (κ2) is 2.50. The molecule has 4 nitrogen and oxygen atoms in total. The molecule has 50 valence electrons. The van der Waals surface area contributed by atoms with Crippen LogP contribution in [0.3, 0.4) is 0 Å². The van der Waals surface area contributed by atoms with Crippen molar-refractivity contribution in [2.24, 2.45) is 10.7 Å². The van der Waals surface area contributed by atoms with Crippen molar-refractivity contribution in [1.29, 1.82) is 0 Å². The van der Waals surface area contributed by atoms with Crippen molar-refractivity contribution in [2.75, 3.05) is 13.2 Å². The molecule has 0 aliphatic carbocycles. The van der Waals surface area contributed by atoms with Crippen LogP contribution in [-0.2, 0) is 0 Å². The molecular weight excluding hydrogens is 116 g/mol. The fraction of sp³-hybridized carbons (Fsp3) is 0.400. The topological polar surface area (TPSA) is 53.6 Å². The standard InChI is InChI=1S/C5H10N4/c1-2-3-9-4-7-5(6)8-9/h2H,1,3-4H2,(H3,6,7,8). The molecule has 0 saturated heterocycles. The van der Waals surface area contributed by atoms with E-state index in [1.807, 2.05) is 5.01 Å². The third kappa shape index (κ3) is 1.43. The number of nitrogens with zero attached hydrogens (tertiary/aromatic N) is 2. The van der Waals surface area contributed by atoms with Gasteiger partial charge in [0, 0.05) is 6.54 Å². The molecule has 0 fully saturated rings. The molecule has 4 heteroatoms. The summed E-state index contributed by atoms with van der Waals surface area (Å²) in [7, 11) is 0. The summed E-state index contributed by atoms with van der Waals surface area (Å²) in [6, 6.07) is 0. The van der Waals surface area contributed by atoms with E-state index in [9.17, 15) is 0 Å². The van der Waals surface area contributed by atoms with Crippen LogP contribution in [0, 0.1) is 0 Å². The van der Waals surface area contributed by atoms with Crippen LogP contribution in [0.15, 0.2) is 17.6 Å². The minimum Gasteiger partial charge on any atom is -0.369 e. The fourth-order valence-electron chi connectivity index (χ4n) is 0.653. The molecule has 0 aromatic carbocycles. The molecule has 0 atom stereocenters. The van der Waals surface area contributed by atoms with Crippen LogP contribution in [0.5, 0.6) is 0 Å². The molecule has 3 N–H and O–H groups in total. The molecule has 0 aromatic heterocycles. The van der Waals surface area contributed by atoms with Gasteiger partial charge in [0.05, 0.1) is 0 Å². The van der Waals surface area contributed by atoms with E-state index in [0.717, 1.165) is 6.54 Å². The van der Waals surface area contributed by atoms with Crippen molar-refractivity contribution in [3.05, 3.63) is 12.7 Å². The Morgan fingerprint density at radius 2 is 2.78 bits per heavy atom. The first-order valence-electron chi connectivity index (χ1n) is 2.75. The molecule has 0 unspecified atom stereocenters. The largest absolute Gasteiger partial charge is 0.369 e. The number of hydrogen-bond donors (Lipinski definition) is 2. The number of hydrazine groups is 1. The maximum absolute atomic E-state index is 5.32. The average molecular weight is 126 g/mol. The molecule has 0 saturated carbocycles. The summed E-state index contributed by atoms with van der Waals surface area (Å²) in [5, 5.41) is 1.86. The molecule has 0 bridgehead atoms. The molecule has 0 amide bonds. The highest BCUT2D eigenvalue weighted by Crippen LogP contribution is 1.89. The summed E-state index contributed by atoms with van der Waals surface area (Å²) in [4.78, 5) is 3.90. The molecule has 0 aromatic rings. The number of nitrogens with one attached hydrogen (secondary N) is 1. The van der Waals surface area contributed by atoms with Crippen LogP contribution in [-0.4, -0.2) is 24.2 Å². The minimum atomic E-state index is 0.483. The van der Waals surface area contributed by atoms with Crippen molar-refractivity contribution in [1.82, 2.24) is 10.4 Å². The van der Waals surface area contributed by atoms with Crippen LogP contribution in [0.25, 0.3) is 0 Å². The molecule has 0 radical (unpaired) electrons. The SMILES string of the molecule is C=CCN1CN=C(N)N1. The third-order valence-corrected chi connectivity index (χ3v) is 1.03. The lowest BCUT2D eigenvalue weighted by atomic mass is 10.6. The van der Waals surface area contributed by atoms with Crippen molar-refractivity contribution < 1.29 is 0 Å². The van der Waals surface area contributed by atoms with Crippen molar-refractivity contribution >= 4 is 5.96 Å². The van der Waals surface area contributed by atoms with Crippen LogP contribution >= 0.6 is 0 Å². The molecule has 1 aliphatic heterocycles. The van der Waals surface area contributed by atoms with E-state index in [4.69, 9.17) is 5.73 Å². The second-order valence-corrected chi connectivity index (χ2v) is 1.81. The van der Waals surface area contributed by atoms with Crippen molar-refractivity contribution in [2.45, 2.75) is 0 Å². The highest BCUT2D eigenvalue weighted by atomic mass is 15.6. The Bertz CT molecular complexity index is 140. The fourth-order valence-corrected chi connectivity index (χ4v) is 0.653. The average Bonchev–Trinajstić information content (AvgIpc) is 2.17. The predicted molar refractivity (Wildman–Crippen MR) is 36.5 cm³/mol. The summed E-state index contributed by atoms with van der Waals surface area (Å²) < 4.78 is 0. The van der Waals surface area contributed by atoms with E-state index in [1.54, 1.807) is 6.08 Å². The van der Waals surface area contributed by atoms with Crippen LogP contribution in [0.4, 0.5) is 0 Å². The van der Waals surface area contributed by atoms with Gasteiger partial charge in [-0.05, 0) is 0 Å². The number of rotatable bonds is 2. The third-order valence-electron chi connectivity index (χ3n) is 1.03. The van der Waals surface area contributed by atoms with Gasteiger partial charge in [0.2, 0.25) is 5.96 Å². The maximum atomic E-state index is 5.32. The van der Waals surface area contributed by atoms with Gasteiger partial charge in [-0.3, -0.25) is 5.43 Å². The number of hydrogen-bond acceptors (Lipinski definition) is 4. The van der Waals surface area contributed by atoms with Gasteiger partial charge >= 0.3 is 0 Å². The molecule has 0 spiro atoms. The Morgan fingerprint density at radius 3 is 3.22 bits per heavy atom. The Balaban J connectivity index is 2.28. The van der Waals surface area contributed by atoms with Crippen LogP contribution in [0.1, 0.15) is 0 Å². The van der Waals surface area contributed by atoms with Gasteiger partial charge in [0.15, 0.2) is 0 Å². The van der Waals surface area contributed by atoms with E-state index in [1.165, 1.54) is 0 Å². The van der Waals surface area contributed by atoms with Crippen molar-refractivity contribution in [3.8, 4) is 0 Å². The van der Waals surface area contributed by atoms with Gasteiger partial charge < -0.3 is 5.73 Å². The zero-order valence-electron chi connectivity index (χ0n) is 5.17. The van der Waals surface area contributed by atoms with Gasteiger partial charge in [0.25, 0.3) is 0 Å². The normalized spacial score (nSPS) is 18.9. The first kappa shape index (κ1) is 6.10. The Hall–Kier alpha value is -1.03. The summed E-state index contributed by atoms with van der Waals surface area (Å²) in [6.07, 6.45) is 1.79. The Kier molecular flexibility index (Phi) is 1.69. The zero-order chi connectivity index (χ0) is 6.69. The van der Waals surface area contributed by atoms with E-state index in [2.05, 4.69) is 17.0 Å². The van der Waals surface area contributed by atoms with Gasteiger partial charge in [0.1, 0.15) is 6.67 Å².